The molecule has 0 aliphatic carbocycles. The predicted molar refractivity (Wildman–Crippen MR) is 127 cm³/mol. The second kappa shape index (κ2) is 10.5. The number of piperidine rings is 1. The number of anilines is 3. The fraction of sp³-hybridized carbons (Fsp3) is 0.391. The summed E-state index contributed by atoms with van der Waals surface area (Å²) in [6, 6.07) is 5.80. The lowest BCUT2D eigenvalue weighted by Gasteiger charge is -2.32. The number of hydrazone groups is 1. The zero-order valence-electron chi connectivity index (χ0n) is 18.7. The minimum absolute atomic E-state index is 0.223. The number of aromatic nitrogens is 5. The van der Waals surface area contributed by atoms with E-state index in [1.165, 1.54) is 0 Å². The normalized spacial score (nSPS) is 17.3. The van der Waals surface area contributed by atoms with Crippen molar-refractivity contribution in [3.8, 4) is 0 Å². The van der Waals surface area contributed by atoms with Gasteiger partial charge in [0.15, 0.2) is 11.6 Å². The Kier molecular flexibility index (Phi) is 6.80. The summed E-state index contributed by atoms with van der Waals surface area (Å²) in [7, 11) is 0. The smallest absolute Gasteiger partial charge is 0.245 e. The molecule has 0 amide bonds. The largest absolute Gasteiger partial charge is 0.378 e. The molecule has 2 aliphatic rings. The maximum Gasteiger partial charge on any atom is 0.245 e. The molecular weight excluding hydrogens is 437 g/mol. The van der Waals surface area contributed by atoms with Gasteiger partial charge in [-0.1, -0.05) is 0 Å². The van der Waals surface area contributed by atoms with Gasteiger partial charge in [-0.15, -0.1) is 0 Å². The van der Waals surface area contributed by atoms with Crippen molar-refractivity contribution in [2.24, 2.45) is 5.10 Å². The summed E-state index contributed by atoms with van der Waals surface area (Å²) in [4.78, 5) is 25.7. The van der Waals surface area contributed by atoms with Crippen LogP contribution in [0.1, 0.15) is 30.3 Å². The van der Waals surface area contributed by atoms with Gasteiger partial charge in [0.2, 0.25) is 5.95 Å². The Morgan fingerprint density at radius 3 is 2.50 bits per heavy atom. The number of halogens is 1. The van der Waals surface area contributed by atoms with Crippen molar-refractivity contribution in [3.05, 3.63) is 60.3 Å². The molecule has 0 spiro atoms. The van der Waals surface area contributed by atoms with Crippen LogP contribution in [-0.2, 0) is 4.74 Å². The lowest BCUT2D eigenvalue weighted by molar-refractivity contribution is 0.122. The molecule has 5 heterocycles. The van der Waals surface area contributed by atoms with Crippen LogP contribution in [0, 0.1) is 5.82 Å². The van der Waals surface area contributed by atoms with Crippen molar-refractivity contribution in [1.29, 1.82) is 0 Å². The molecule has 5 rings (SSSR count). The molecule has 3 aromatic rings. The van der Waals surface area contributed by atoms with Gasteiger partial charge in [-0.25, -0.2) is 24.8 Å². The zero-order chi connectivity index (χ0) is 23.2. The number of pyridine rings is 1. The summed E-state index contributed by atoms with van der Waals surface area (Å²) in [5, 5.41) is 4.16. The zero-order valence-corrected chi connectivity index (χ0v) is 18.7. The summed E-state index contributed by atoms with van der Waals surface area (Å²) in [5.41, 5.74) is 4.53. The van der Waals surface area contributed by atoms with Crippen LogP contribution in [-0.4, -0.2) is 70.5 Å². The average Bonchev–Trinajstić information content (AvgIpc) is 2.91. The highest BCUT2D eigenvalue weighted by atomic mass is 19.1. The molecule has 0 bridgehead atoms. The van der Waals surface area contributed by atoms with Crippen molar-refractivity contribution >= 4 is 23.7 Å². The van der Waals surface area contributed by atoms with Crippen molar-refractivity contribution in [1.82, 2.24) is 24.9 Å². The standard InChI is InChI=1S/C23H26FN9O/c24-20-16-28-23(30-22(20)33-10-12-34-13-11-33)31-29-14-18-2-3-19(15-27-18)32-8-4-17(5-9-32)21-25-6-1-7-26-21/h1-3,6-7,14-17H,4-5,8-13H2,(H,28,30,31)/b29-14+. The Hall–Kier alpha value is -3.73. The van der Waals surface area contributed by atoms with Gasteiger partial charge >= 0.3 is 0 Å². The van der Waals surface area contributed by atoms with Crippen LogP contribution >= 0.6 is 0 Å². The molecule has 0 saturated carbocycles. The van der Waals surface area contributed by atoms with Crippen LogP contribution in [0.25, 0.3) is 0 Å². The van der Waals surface area contributed by atoms with Crippen molar-refractivity contribution < 1.29 is 9.13 Å². The SMILES string of the molecule is Fc1cnc(N/N=C/c2ccc(N3CCC(c4ncccn4)CC3)cn2)nc1N1CCOCC1. The monoisotopic (exact) mass is 463 g/mol. The molecule has 2 fully saturated rings. The topological polar surface area (TPSA) is 105 Å². The van der Waals surface area contributed by atoms with E-state index in [0.717, 1.165) is 43.6 Å². The molecule has 1 N–H and O–H groups in total. The highest BCUT2D eigenvalue weighted by molar-refractivity contribution is 5.78. The third-order valence-corrected chi connectivity index (χ3v) is 5.98. The average molecular weight is 464 g/mol. The van der Waals surface area contributed by atoms with Crippen LogP contribution in [0.15, 0.2) is 48.1 Å². The Balaban J connectivity index is 1.15. The minimum Gasteiger partial charge on any atom is -0.378 e. The number of hydrogen-bond acceptors (Lipinski definition) is 10. The molecule has 0 aromatic carbocycles. The summed E-state index contributed by atoms with van der Waals surface area (Å²) < 4.78 is 19.5. The van der Waals surface area contributed by atoms with Crippen LogP contribution < -0.4 is 15.2 Å². The van der Waals surface area contributed by atoms with E-state index in [2.05, 4.69) is 40.3 Å². The highest BCUT2D eigenvalue weighted by Gasteiger charge is 2.22. The summed E-state index contributed by atoms with van der Waals surface area (Å²) in [6.45, 7) is 4.14. The van der Waals surface area contributed by atoms with Gasteiger partial charge in [-0.05, 0) is 31.0 Å². The number of ether oxygens (including phenoxy) is 1. The van der Waals surface area contributed by atoms with Gasteiger partial charge in [0.25, 0.3) is 0 Å². The second-order valence-corrected chi connectivity index (χ2v) is 8.14. The lowest BCUT2D eigenvalue weighted by atomic mass is 9.95. The van der Waals surface area contributed by atoms with Gasteiger partial charge < -0.3 is 14.5 Å². The third-order valence-electron chi connectivity index (χ3n) is 5.98. The Morgan fingerprint density at radius 1 is 0.971 bits per heavy atom. The van der Waals surface area contributed by atoms with Gasteiger partial charge in [0.1, 0.15) is 5.82 Å². The predicted octanol–water partition coefficient (Wildman–Crippen LogP) is 2.47. The van der Waals surface area contributed by atoms with Crippen LogP contribution in [0.4, 0.5) is 21.8 Å². The summed E-state index contributed by atoms with van der Waals surface area (Å²) in [6.07, 6.45) is 10.2. The van der Waals surface area contributed by atoms with Crippen LogP contribution in [0.5, 0.6) is 0 Å². The van der Waals surface area contributed by atoms with Crippen molar-refractivity contribution in [2.75, 3.05) is 54.6 Å². The van der Waals surface area contributed by atoms with Crippen molar-refractivity contribution in [3.63, 3.8) is 0 Å². The summed E-state index contributed by atoms with van der Waals surface area (Å²) >= 11 is 0. The number of nitrogens with zero attached hydrogens (tertiary/aromatic N) is 8. The molecule has 34 heavy (non-hydrogen) atoms. The van der Waals surface area contributed by atoms with E-state index in [1.54, 1.807) is 18.6 Å². The first-order valence-electron chi connectivity index (χ1n) is 11.4. The number of morpholine rings is 1. The van der Waals surface area contributed by atoms with E-state index in [0.29, 0.717) is 37.9 Å². The first-order chi connectivity index (χ1) is 16.8. The van der Waals surface area contributed by atoms with Crippen LogP contribution in [0.2, 0.25) is 0 Å². The number of nitrogens with one attached hydrogen (secondary N) is 1. The molecule has 11 heteroatoms. The fourth-order valence-electron chi connectivity index (χ4n) is 4.14. The van der Waals surface area contributed by atoms with Gasteiger partial charge in [-0.3, -0.25) is 4.98 Å². The fourth-order valence-corrected chi connectivity index (χ4v) is 4.14. The van der Waals surface area contributed by atoms with E-state index in [1.807, 2.05) is 29.3 Å². The van der Waals surface area contributed by atoms with E-state index >= 15 is 0 Å². The Labute approximate surface area is 196 Å². The van der Waals surface area contributed by atoms with E-state index in [-0.39, 0.29) is 11.8 Å². The molecule has 3 aromatic heterocycles. The molecule has 2 aliphatic heterocycles. The first kappa shape index (κ1) is 22.1. The molecular formula is C23H26FN9O. The molecule has 176 valence electrons. The third kappa shape index (κ3) is 5.25. The maximum atomic E-state index is 14.1. The number of rotatable bonds is 6. The van der Waals surface area contributed by atoms with Gasteiger partial charge in [0, 0.05) is 44.5 Å². The summed E-state index contributed by atoms with van der Waals surface area (Å²) in [5.74, 6) is 1.35. The van der Waals surface area contributed by atoms with E-state index in [9.17, 15) is 4.39 Å². The van der Waals surface area contributed by atoms with Gasteiger partial charge in [0.05, 0.1) is 43.2 Å². The second-order valence-electron chi connectivity index (χ2n) is 8.14. The molecule has 0 atom stereocenters. The first-order valence-corrected chi connectivity index (χ1v) is 11.4. The Morgan fingerprint density at radius 2 is 1.76 bits per heavy atom. The molecule has 0 unspecified atom stereocenters. The lowest BCUT2D eigenvalue weighted by Crippen LogP contribution is -2.37. The molecule has 0 radical (unpaired) electrons. The van der Waals surface area contributed by atoms with Crippen molar-refractivity contribution in [2.45, 2.75) is 18.8 Å². The molecule has 10 nitrogen and oxygen atoms in total. The maximum absolute atomic E-state index is 14.1. The van der Waals surface area contributed by atoms with E-state index in [4.69, 9.17) is 4.74 Å². The quantitative estimate of drug-likeness (QED) is 0.436. The Bertz CT molecular complexity index is 1100. The van der Waals surface area contributed by atoms with Gasteiger partial charge in [-0.2, -0.15) is 10.1 Å². The highest BCUT2D eigenvalue weighted by Crippen LogP contribution is 2.28. The molecule has 2 saturated heterocycles. The van der Waals surface area contributed by atoms with Crippen LogP contribution in [0.3, 0.4) is 0 Å². The minimum atomic E-state index is -0.464. The number of hydrogen-bond donors (Lipinski definition) is 1. The van der Waals surface area contributed by atoms with E-state index < -0.39 is 5.82 Å².